The number of H-pyrrole nitrogens is 1. The van der Waals surface area contributed by atoms with Gasteiger partial charge in [0.2, 0.25) is 0 Å². The molecule has 1 aromatic carbocycles. The summed E-state index contributed by atoms with van der Waals surface area (Å²) in [5.74, 6) is -0.322. The molecule has 4 aromatic rings. The van der Waals surface area contributed by atoms with E-state index in [0.717, 1.165) is 11.1 Å². The largest absolute Gasteiger partial charge is 0.345 e. The molecule has 0 spiro atoms. The van der Waals surface area contributed by atoms with Crippen LogP contribution in [-0.4, -0.2) is 20.4 Å². The molecule has 7 heteroatoms. The van der Waals surface area contributed by atoms with Gasteiger partial charge in [-0.05, 0) is 24.3 Å². The summed E-state index contributed by atoms with van der Waals surface area (Å²) in [5.41, 5.74) is 1.95. The number of carbonyl (C=O) groups is 1. The standard InChI is InChI=1S/C17H11ClN4OS/c18-13-5-1-2-6-14(13)22-8-9-24-17(22)21-16(23)12-10-20-15-11(12)4-3-7-19-15/h1-10H,(H,19,20). The Kier molecular flexibility index (Phi) is 3.76. The van der Waals surface area contributed by atoms with E-state index in [0.29, 0.717) is 21.0 Å². The monoisotopic (exact) mass is 354 g/mol. The Labute approximate surface area is 145 Å². The maximum atomic E-state index is 12.6. The molecule has 3 aromatic heterocycles. The van der Waals surface area contributed by atoms with Crippen molar-refractivity contribution in [1.82, 2.24) is 14.5 Å². The smallest absolute Gasteiger partial charge is 0.281 e. The molecular formula is C17H11ClN4OS. The highest BCUT2D eigenvalue weighted by atomic mass is 35.5. The molecule has 0 fully saturated rings. The van der Waals surface area contributed by atoms with Gasteiger partial charge in [0.15, 0.2) is 4.80 Å². The highest BCUT2D eigenvalue weighted by molar-refractivity contribution is 7.07. The summed E-state index contributed by atoms with van der Waals surface area (Å²) < 4.78 is 1.80. The van der Waals surface area contributed by atoms with E-state index in [4.69, 9.17) is 11.6 Å². The van der Waals surface area contributed by atoms with Crippen molar-refractivity contribution in [2.45, 2.75) is 0 Å². The summed E-state index contributed by atoms with van der Waals surface area (Å²) in [6, 6.07) is 11.1. The van der Waals surface area contributed by atoms with Crippen molar-refractivity contribution < 1.29 is 4.79 Å². The minimum absolute atomic E-state index is 0.322. The maximum absolute atomic E-state index is 12.6. The van der Waals surface area contributed by atoms with Gasteiger partial charge >= 0.3 is 0 Å². The number of nitrogens with zero attached hydrogens (tertiary/aromatic N) is 3. The average molecular weight is 355 g/mol. The lowest BCUT2D eigenvalue weighted by molar-refractivity contribution is 0.0999. The second kappa shape index (κ2) is 6.07. The molecule has 0 saturated carbocycles. The van der Waals surface area contributed by atoms with Crippen LogP contribution in [0.15, 0.2) is 65.4 Å². The number of amides is 1. The number of nitrogens with one attached hydrogen (secondary N) is 1. The second-order valence-electron chi connectivity index (χ2n) is 5.03. The number of hydrogen-bond donors (Lipinski definition) is 1. The fraction of sp³-hybridized carbons (Fsp3) is 0. The molecule has 4 rings (SSSR count). The lowest BCUT2D eigenvalue weighted by Gasteiger charge is -2.04. The molecule has 1 N–H and O–H groups in total. The number of hydrogen-bond acceptors (Lipinski definition) is 3. The molecule has 1 amide bonds. The van der Waals surface area contributed by atoms with E-state index in [-0.39, 0.29) is 5.91 Å². The number of para-hydroxylation sites is 1. The van der Waals surface area contributed by atoms with Crippen LogP contribution in [0.2, 0.25) is 5.02 Å². The zero-order valence-corrected chi connectivity index (χ0v) is 13.9. The van der Waals surface area contributed by atoms with Gasteiger partial charge in [0.1, 0.15) is 5.65 Å². The quantitative estimate of drug-likeness (QED) is 0.595. The minimum atomic E-state index is -0.322. The molecule has 0 radical (unpaired) electrons. The first-order chi connectivity index (χ1) is 11.7. The van der Waals surface area contributed by atoms with Crippen molar-refractivity contribution >= 4 is 39.9 Å². The van der Waals surface area contributed by atoms with Crippen molar-refractivity contribution in [3.8, 4) is 5.69 Å². The van der Waals surface area contributed by atoms with E-state index >= 15 is 0 Å². The Morgan fingerprint density at radius 2 is 2.12 bits per heavy atom. The van der Waals surface area contributed by atoms with Gasteiger partial charge in [-0.2, -0.15) is 4.99 Å². The first kappa shape index (κ1) is 14.9. The number of halogens is 1. The Morgan fingerprint density at radius 3 is 3.00 bits per heavy atom. The fourth-order valence-corrected chi connectivity index (χ4v) is 3.40. The molecule has 0 bridgehead atoms. The van der Waals surface area contributed by atoms with Gasteiger partial charge in [0, 0.05) is 29.4 Å². The van der Waals surface area contributed by atoms with E-state index in [1.165, 1.54) is 11.3 Å². The number of aromatic nitrogens is 3. The summed E-state index contributed by atoms with van der Waals surface area (Å²) >= 11 is 7.62. The van der Waals surface area contributed by atoms with Gasteiger partial charge in [-0.25, -0.2) is 4.98 Å². The zero-order valence-electron chi connectivity index (χ0n) is 12.3. The van der Waals surface area contributed by atoms with E-state index in [2.05, 4.69) is 15.0 Å². The van der Waals surface area contributed by atoms with Crippen LogP contribution in [0.5, 0.6) is 0 Å². The van der Waals surface area contributed by atoms with Crippen LogP contribution in [0.25, 0.3) is 16.7 Å². The van der Waals surface area contributed by atoms with Gasteiger partial charge in [0.05, 0.1) is 16.3 Å². The molecule has 0 aliphatic heterocycles. The molecular weight excluding hydrogens is 344 g/mol. The number of carbonyl (C=O) groups excluding carboxylic acids is 1. The fourth-order valence-electron chi connectivity index (χ4n) is 2.46. The maximum Gasteiger partial charge on any atom is 0.281 e. The number of thiazole rings is 1. The molecule has 3 heterocycles. The molecule has 0 saturated heterocycles. The zero-order chi connectivity index (χ0) is 16.5. The predicted molar refractivity (Wildman–Crippen MR) is 94.6 cm³/mol. The normalized spacial score (nSPS) is 12.0. The Bertz CT molecular complexity index is 1110. The van der Waals surface area contributed by atoms with Crippen LogP contribution in [-0.2, 0) is 0 Å². The summed E-state index contributed by atoms with van der Waals surface area (Å²) in [5, 5.41) is 3.22. The Hall–Kier alpha value is -2.70. The van der Waals surface area contributed by atoms with E-state index in [1.807, 2.05) is 35.8 Å². The first-order valence-electron chi connectivity index (χ1n) is 7.16. The molecule has 24 heavy (non-hydrogen) atoms. The van der Waals surface area contributed by atoms with Crippen LogP contribution in [0.1, 0.15) is 10.4 Å². The summed E-state index contributed by atoms with van der Waals surface area (Å²) in [7, 11) is 0. The van der Waals surface area contributed by atoms with Crippen LogP contribution < -0.4 is 4.80 Å². The summed E-state index contributed by atoms with van der Waals surface area (Å²) in [6.45, 7) is 0. The first-order valence-corrected chi connectivity index (χ1v) is 8.42. The third-order valence-corrected chi connectivity index (χ3v) is 4.66. The predicted octanol–water partition coefficient (Wildman–Crippen LogP) is 3.81. The van der Waals surface area contributed by atoms with Crippen LogP contribution in [0.4, 0.5) is 0 Å². The lowest BCUT2D eigenvalue weighted by atomic mass is 10.2. The molecule has 0 aliphatic rings. The third kappa shape index (κ3) is 2.55. The van der Waals surface area contributed by atoms with E-state index in [9.17, 15) is 4.79 Å². The Balaban J connectivity index is 1.81. The van der Waals surface area contributed by atoms with Crippen molar-refractivity contribution in [2.24, 2.45) is 4.99 Å². The summed E-state index contributed by atoms with van der Waals surface area (Å²) in [6.07, 6.45) is 5.15. The average Bonchev–Trinajstić information content (AvgIpc) is 3.22. The van der Waals surface area contributed by atoms with Gasteiger partial charge in [-0.15, -0.1) is 11.3 Å². The number of benzene rings is 1. The van der Waals surface area contributed by atoms with Gasteiger partial charge in [0.25, 0.3) is 5.91 Å². The van der Waals surface area contributed by atoms with E-state index < -0.39 is 0 Å². The highest BCUT2D eigenvalue weighted by Gasteiger charge is 2.12. The van der Waals surface area contributed by atoms with Gasteiger partial charge in [-0.3, -0.25) is 9.36 Å². The topological polar surface area (TPSA) is 63.0 Å². The minimum Gasteiger partial charge on any atom is -0.345 e. The molecule has 0 atom stereocenters. The second-order valence-corrected chi connectivity index (χ2v) is 6.31. The third-order valence-electron chi connectivity index (χ3n) is 3.58. The number of rotatable bonds is 2. The van der Waals surface area contributed by atoms with Crippen molar-refractivity contribution in [2.75, 3.05) is 0 Å². The van der Waals surface area contributed by atoms with Crippen LogP contribution in [0, 0.1) is 0 Å². The SMILES string of the molecule is O=C(N=c1sccn1-c1ccccc1Cl)c1c[nH]c2ncccc12. The van der Waals surface area contributed by atoms with Crippen molar-refractivity contribution in [3.63, 3.8) is 0 Å². The number of pyridine rings is 1. The van der Waals surface area contributed by atoms with Gasteiger partial charge in [-0.1, -0.05) is 23.7 Å². The Morgan fingerprint density at radius 1 is 1.25 bits per heavy atom. The van der Waals surface area contributed by atoms with Crippen molar-refractivity contribution in [3.05, 3.63) is 75.8 Å². The van der Waals surface area contributed by atoms with E-state index in [1.54, 1.807) is 29.1 Å². The number of fused-ring (bicyclic) bond motifs is 1. The van der Waals surface area contributed by atoms with Gasteiger partial charge < -0.3 is 4.98 Å². The highest BCUT2D eigenvalue weighted by Crippen LogP contribution is 2.19. The number of aromatic amines is 1. The summed E-state index contributed by atoms with van der Waals surface area (Å²) in [4.78, 5) is 24.6. The van der Waals surface area contributed by atoms with Crippen LogP contribution >= 0.6 is 22.9 Å². The van der Waals surface area contributed by atoms with Crippen LogP contribution in [0.3, 0.4) is 0 Å². The van der Waals surface area contributed by atoms with Crippen molar-refractivity contribution in [1.29, 1.82) is 0 Å². The molecule has 5 nitrogen and oxygen atoms in total. The lowest BCUT2D eigenvalue weighted by Crippen LogP contribution is -2.14. The molecule has 0 unspecified atom stereocenters. The molecule has 0 aliphatic carbocycles. The molecule has 118 valence electrons.